The molecule has 0 bridgehead atoms. The van der Waals surface area contributed by atoms with Crippen LogP contribution in [0.3, 0.4) is 0 Å². The van der Waals surface area contributed by atoms with Gasteiger partial charge in [-0.3, -0.25) is 10.1 Å². The molecule has 2 rings (SSSR count). The van der Waals surface area contributed by atoms with Gasteiger partial charge in [-0.1, -0.05) is 0 Å². The van der Waals surface area contributed by atoms with Gasteiger partial charge < -0.3 is 15.2 Å². The van der Waals surface area contributed by atoms with E-state index < -0.39 is 4.92 Å². The molecule has 0 fully saturated rings. The fraction of sp³-hybridized carbons (Fsp3) is 0.308. The summed E-state index contributed by atoms with van der Waals surface area (Å²) in [7, 11) is 3.13. The van der Waals surface area contributed by atoms with Crippen molar-refractivity contribution in [1.29, 1.82) is 0 Å². The first-order valence-corrected chi connectivity index (χ1v) is 6.20. The lowest BCUT2D eigenvalue weighted by Gasteiger charge is -2.09. The Labute approximate surface area is 121 Å². The Morgan fingerprint density at radius 2 is 2.19 bits per heavy atom. The number of hydrogen-bond acceptors (Lipinski definition) is 6. The highest BCUT2D eigenvalue weighted by atomic mass is 16.6. The van der Waals surface area contributed by atoms with Crippen LogP contribution < -0.4 is 15.2 Å². The smallest absolute Gasteiger partial charge is 0.315 e. The Hall–Kier alpha value is -2.61. The highest BCUT2D eigenvalue weighted by Gasteiger charge is 2.21. The van der Waals surface area contributed by atoms with Crippen LogP contribution in [0.1, 0.15) is 11.3 Å². The molecule has 0 aliphatic rings. The Morgan fingerprint density at radius 1 is 1.48 bits per heavy atom. The zero-order valence-corrected chi connectivity index (χ0v) is 12.0. The van der Waals surface area contributed by atoms with E-state index in [4.69, 9.17) is 15.2 Å². The highest BCUT2D eigenvalue weighted by molar-refractivity contribution is 5.52. The number of rotatable bonds is 5. The molecule has 0 spiro atoms. The van der Waals surface area contributed by atoms with Gasteiger partial charge in [0.15, 0.2) is 0 Å². The minimum atomic E-state index is -0.525. The van der Waals surface area contributed by atoms with Crippen LogP contribution in [0, 0.1) is 17.0 Å². The lowest BCUT2D eigenvalue weighted by Crippen LogP contribution is -2.02. The summed E-state index contributed by atoms with van der Waals surface area (Å²) >= 11 is 0. The minimum absolute atomic E-state index is 0.110. The summed E-state index contributed by atoms with van der Waals surface area (Å²) in [5, 5.41) is 15.4. The summed E-state index contributed by atoms with van der Waals surface area (Å²) in [6.45, 7) is 2.04. The van der Waals surface area contributed by atoms with Gasteiger partial charge in [0.1, 0.15) is 5.75 Å². The van der Waals surface area contributed by atoms with Crippen molar-refractivity contribution in [3.63, 3.8) is 0 Å². The number of benzene rings is 1. The Morgan fingerprint density at radius 3 is 2.76 bits per heavy atom. The molecular formula is C13H16N4O4. The molecule has 0 unspecified atom stereocenters. The summed E-state index contributed by atoms with van der Waals surface area (Å²) in [6, 6.07) is 4.38. The first-order chi connectivity index (χ1) is 9.97. The third-order valence-electron chi connectivity index (χ3n) is 3.06. The maximum absolute atomic E-state index is 11.1. The van der Waals surface area contributed by atoms with Gasteiger partial charge in [-0.25, -0.2) is 4.68 Å². The first-order valence-electron chi connectivity index (χ1n) is 6.20. The number of aryl methyl sites for hydroxylation is 2. The number of nitrogens with zero attached hydrogens (tertiary/aromatic N) is 3. The number of nitro benzene ring substituents is 1. The summed E-state index contributed by atoms with van der Waals surface area (Å²) in [4.78, 5) is 10.6. The molecule has 1 aromatic heterocycles. The van der Waals surface area contributed by atoms with Crippen molar-refractivity contribution < 1.29 is 14.4 Å². The van der Waals surface area contributed by atoms with Crippen molar-refractivity contribution >= 4 is 5.69 Å². The monoisotopic (exact) mass is 292 g/mol. The lowest BCUT2D eigenvalue weighted by molar-refractivity contribution is -0.385. The van der Waals surface area contributed by atoms with Crippen molar-refractivity contribution in [3.8, 4) is 17.4 Å². The SMILES string of the molecule is COc1ccc(Oc2c(CN)c(C)nn2C)c([N+](=O)[O-])c1. The van der Waals surface area contributed by atoms with Gasteiger partial charge in [0, 0.05) is 13.6 Å². The minimum Gasteiger partial charge on any atom is -0.496 e. The van der Waals surface area contributed by atoms with Crippen molar-refractivity contribution in [3.05, 3.63) is 39.6 Å². The van der Waals surface area contributed by atoms with Crippen LogP contribution in [0.4, 0.5) is 5.69 Å². The zero-order valence-electron chi connectivity index (χ0n) is 12.0. The fourth-order valence-electron chi connectivity index (χ4n) is 2.00. The van der Waals surface area contributed by atoms with Gasteiger partial charge in [0.2, 0.25) is 11.6 Å². The van der Waals surface area contributed by atoms with Crippen LogP contribution in [0.5, 0.6) is 17.4 Å². The maximum atomic E-state index is 11.1. The standard InChI is InChI=1S/C13H16N4O4/c1-8-10(7-14)13(16(2)15-8)21-12-5-4-9(20-3)6-11(12)17(18)19/h4-6H,7,14H2,1-3H3. The van der Waals surface area contributed by atoms with Crippen LogP contribution in [0.2, 0.25) is 0 Å². The molecule has 0 aliphatic heterocycles. The Kier molecular flexibility index (Phi) is 4.08. The fourth-order valence-corrected chi connectivity index (χ4v) is 2.00. The number of methoxy groups -OCH3 is 1. The molecule has 0 saturated carbocycles. The molecule has 112 valence electrons. The third-order valence-corrected chi connectivity index (χ3v) is 3.06. The second-order valence-corrected chi connectivity index (χ2v) is 4.39. The number of ether oxygens (including phenoxy) is 2. The highest BCUT2D eigenvalue weighted by Crippen LogP contribution is 2.35. The molecule has 8 heteroatoms. The molecule has 0 atom stereocenters. The van der Waals surface area contributed by atoms with Gasteiger partial charge in [-0.05, 0) is 19.1 Å². The molecule has 2 aromatic rings. The van der Waals surface area contributed by atoms with Crippen LogP contribution in [0.15, 0.2) is 18.2 Å². The van der Waals surface area contributed by atoms with Gasteiger partial charge >= 0.3 is 5.69 Å². The van der Waals surface area contributed by atoms with Crippen molar-refractivity contribution in [1.82, 2.24) is 9.78 Å². The van der Waals surface area contributed by atoms with Crippen molar-refractivity contribution in [2.75, 3.05) is 7.11 Å². The average Bonchev–Trinajstić information content (AvgIpc) is 2.72. The van der Waals surface area contributed by atoms with E-state index in [-0.39, 0.29) is 18.0 Å². The molecule has 21 heavy (non-hydrogen) atoms. The number of nitro groups is 1. The van der Waals surface area contributed by atoms with Gasteiger partial charge in [-0.2, -0.15) is 5.10 Å². The van der Waals surface area contributed by atoms with E-state index in [1.54, 1.807) is 20.0 Å². The van der Waals surface area contributed by atoms with Gasteiger partial charge in [0.05, 0.1) is 29.4 Å². The van der Waals surface area contributed by atoms with E-state index in [9.17, 15) is 10.1 Å². The number of nitrogens with two attached hydrogens (primary N) is 1. The van der Waals surface area contributed by atoms with Crippen LogP contribution in [-0.2, 0) is 13.6 Å². The van der Waals surface area contributed by atoms with E-state index in [1.807, 2.05) is 0 Å². The van der Waals surface area contributed by atoms with Crippen molar-refractivity contribution in [2.24, 2.45) is 12.8 Å². The topological polar surface area (TPSA) is 105 Å². The summed E-state index contributed by atoms with van der Waals surface area (Å²) in [5.41, 5.74) is 6.93. The summed E-state index contributed by atoms with van der Waals surface area (Å²) in [6.07, 6.45) is 0. The van der Waals surface area contributed by atoms with E-state index in [0.717, 1.165) is 5.69 Å². The molecular weight excluding hydrogens is 276 g/mol. The second kappa shape index (κ2) is 5.80. The Balaban J connectivity index is 2.47. The molecule has 0 amide bonds. The van der Waals surface area contributed by atoms with Gasteiger partial charge in [-0.15, -0.1) is 0 Å². The first kappa shape index (κ1) is 14.8. The predicted molar refractivity (Wildman–Crippen MR) is 75.6 cm³/mol. The van der Waals surface area contributed by atoms with Crippen LogP contribution in [0.25, 0.3) is 0 Å². The summed E-state index contributed by atoms with van der Waals surface area (Å²) in [5.74, 6) is 0.885. The molecule has 1 heterocycles. The second-order valence-electron chi connectivity index (χ2n) is 4.39. The summed E-state index contributed by atoms with van der Waals surface area (Å²) < 4.78 is 12.2. The van der Waals surface area contributed by atoms with Crippen LogP contribution in [-0.4, -0.2) is 21.8 Å². The third kappa shape index (κ3) is 2.79. The molecule has 0 saturated heterocycles. The number of aromatic nitrogens is 2. The molecule has 8 nitrogen and oxygen atoms in total. The molecule has 0 radical (unpaired) electrons. The van der Waals surface area contributed by atoms with Crippen LogP contribution >= 0.6 is 0 Å². The zero-order chi connectivity index (χ0) is 15.6. The largest absolute Gasteiger partial charge is 0.496 e. The predicted octanol–water partition coefficient (Wildman–Crippen LogP) is 1.90. The Bertz CT molecular complexity index is 681. The quantitative estimate of drug-likeness (QED) is 0.666. The maximum Gasteiger partial charge on any atom is 0.315 e. The normalized spacial score (nSPS) is 10.5. The van der Waals surface area contributed by atoms with E-state index in [1.165, 1.54) is 23.9 Å². The molecule has 0 aliphatic carbocycles. The lowest BCUT2D eigenvalue weighted by atomic mass is 10.2. The average molecular weight is 292 g/mol. The van der Waals surface area contributed by atoms with E-state index >= 15 is 0 Å². The molecule has 1 aromatic carbocycles. The van der Waals surface area contributed by atoms with Gasteiger partial charge in [0.25, 0.3) is 0 Å². The van der Waals surface area contributed by atoms with E-state index in [2.05, 4.69) is 5.10 Å². The van der Waals surface area contributed by atoms with E-state index in [0.29, 0.717) is 17.2 Å². The van der Waals surface area contributed by atoms with Crippen molar-refractivity contribution in [2.45, 2.75) is 13.5 Å². The molecule has 2 N–H and O–H groups in total. The number of hydrogen-bond donors (Lipinski definition) is 1.